The van der Waals surface area contributed by atoms with E-state index in [-0.39, 0.29) is 6.42 Å². The van der Waals surface area contributed by atoms with Gasteiger partial charge in [-0.1, -0.05) is 23.2 Å². The molecule has 1 N–H and O–H groups in total. The van der Waals surface area contributed by atoms with Gasteiger partial charge in [0.25, 0.3) is 0 Å². The van der Waals surface area contributed by atoms with E-state index in [0.29, 0.717) is 27.1 Å². The van der Waals surface area contributed by atoms with E-state index in [2.05, 4.69) is 0 Å². The third kappa shape index (κ3) is 2.81. The second kappa shape index (κ2) is 4.82. The van der Waals surface area contributed by atoms with Crippen molar-refractivity contribution in [2.24, 2.45) is 0 Å². The molecule has 0 bridgehead atoms. The summed E-state index contributed by atoms with van der Waals surface area (Å²) in [4.78, 5) is 10.5. The quantitative estimate of drug-likeness (QED) is 0.921. The maximum Gasteiger partial charge on any atom is 0.311 e. The highest BCUT2D eigenvalue weighted by atomic mass is 35.5. The van der Waals surface area contributed by atoms with Crippen LogP contribution in [-0.2, 0) is 11.2 Å². The highest BCUT2D eigenvalue weighted by Crippen LogP contribution is 2.31. The van der Waals surface area contributed by atoms with Gasteiger partial charge in [0, 0.05) is 10.6 Å². The van der Waals surface area contributed by atoms with Gasteiger partial charge in [-0.25, -0.2) is 0 Å². The van der Waals surface area contributed by atoms with Crippen LogP contribution >= 0.6 is 23.2 Å². The van der Waals surface area contributed by atoms with Crippen LogP contribution in [0.1, 0.15) is 5.76 Å². The summed E-state index contributed by atoms with van der Waals surface area (Å²) in [5, 5.41) is 9.69. The molecule has 0 aliphatic heterocycles. The Morgan fingerprint density at radius 2 is 2.00 bits per heavy atom. The molecule has 0 aliphatic rings. The van der Waals surface area contributed by atoms with Gasteiger partial charge in [0.1, 0.15) is 17.9 Å². The Hall–Kier alpha value is -1.45. The molecule has 17 heavy (non-hydrogen) atoms. The fourth-order valence-corrected chi connectivity index (χ4v) is 1.84. The van der Waals surface area contributed by atoms with E-state index in [9.17, 15) is 4.79 Å². The summed E-state index contributed by atoms with van der Waals surface area (Å²) in [6.45, 7) is 0. The van der Waals surface area contributed by atoms with Gasteiger partial charge in [-0.3, -0.25) is 4.79 Å². The Labute approximate surface area is 108 Å². The molecule has 3 nitrogen and oxygen atoms in total. The number of hydrogen-bond donors (Lipinski definition) is 1. The molecule has 0 fully saturated rings. The Morgan fingerprint density at radius 3 is 2.71 bits per heavy atom. The van der Waals surface area contributed by atoms with Crippen molar-refractivity contribution < 1.29 is 14.3 Å². The lowest BCUT2D eigenvalue weighted by molar-refractivity contribution is -0.136. The molecular weight excluding hydrogens is 263 g/mol. The Morgan fingerprint density at radius 1 is 1.24 bits per heavy atom. The molecule has 0 saturated carbocycles. The van der Waals surface area contributed by atoms with Gasteiger partial charge in [-0.2, -0.15) is 0 Å². The number of carboxylic acids is 1. The van der Waals surface area contributed by atoms with Crippen LogP contribution in [0.4, 0.5) is 0 Å². The van der Waals surface area contributed by atoms with Gasteiger partial charge in [-0.05, 0) is 30.3 Å². The Bertz CT molecular complexity index is 561. The van der Waals surface area contributed by atoms with E-state index in [0.717, 1.165) is 0 Å². The standard InChI is InChI=1S/C12H8Cl2O3/c13-7-1-3-10(14)9(5-7)11-4-2-8(17-11)6-12(15)16/h1-5H,6H2,(H,15,16). The Balaban J connectivity index is 2.36. The molecule has 5 heteroatoms. The molecule has 88 valence electrons. The van der Waals surface area contributed by atoms with Crippen molar-refractivity contribution in [3.05, 3.63) is 46.1 Å². The molecule has 0 saturated heterocycles. The highest BCUT2D eigenvalue weighted by molar-refractivity contribution is 6.35. The topological polar surface area (TPSA) is 50.4 Å². The molecule has 1 aromatic carbocycles. The van der Waals surface area contributed by atoms with Crippen LogP contribution in [0.15, 0.2) is 34.7 Å². The zero-order valence-electron chi connectivity index (χ0n) is 8.61. The zero-order chi connectivity index (χ0) is 12.4. The average Bonchev–Trinajstić information content (AvgIpc) is 2.69. The second-order valence-corrected chi connectivity index (χ2v) is 4.30. The SMILES string of the molecule is O=C(O)Cc1ccc(-c2cc(Cl)ccc2Cl)o1. The van der Waals surface area contributed by atoms with Crippen LogP contribution in [0.25, 0.3) is 11.3 Å². The predicted octanol–water partition coefficient (Wildman–Crippen LogP) is 3.88. The van der Waals surface area contributed by atoms with Crippen LogP contribution in [-0.4, -0.2) is 11.1 Å². The molecule has 1 aromatic heterocycles. The first kappa shape index (κ1) is 12.0. The van der Waals surface area contributed by atoms with Gasteiger partial charge in [0.2, 0.25) is 0 Å². The van der Waals surface area contributed by atoms with Crippen molar-refractivity contribution in [2.75, 3.05) is 0 Å². The first-order chi connectivity index (χ1) is 8.06. The molecule has 2 rings (SSSR count). The molecule has 0 spiro atoms. The molecule has 1 heterocycles. The summed E-state index contributed by atoms with van der Waals surface area (Å²) < 4.78 is 5.39. The van der Waals surface area contributed by atoms with Crippen LogP contribution < -0.4 is 0 Å². The van der Waals surface area contributed by atoms with Crippen LogP contribution in [0, 0.1) is 0 Å². The van der Waals surface area contributed by atoms with E-state index in [1.807, 2.05) is 0 Å². The smallest absolute Gasteiger partial charge is 0.311 e. The molecular formula is C12H8Cl2O3. The number of hydrogen-bond acceptors (Lipinski definition) is 2. The number of carbonyl (C=O) groups is 1. The van der Waals surface area contributed by atoms with Gasteiger partial charge < -0.3 is 9.52 Å². The van der Waals surface area contributed by atoms with Crippen molar-refractivity contribution in [1.29, 1.82) is 0 Å². The van der Waals surface area contributed by atoms with Gasteiger partial charge in [0.15, 0.2) is 0 Å². The fourth-order valence-electron chi connectivity index (χ4n) is 1.45. The Kier molecular flexibility index (Phi) is 3.41. The maximum atomic E-state index is 10.5. The van der Waals surface area contributed by atoms with E-state index in [1.54, 1.807) is 30.3 Å². The van der Waals surface area contributed by atoms with Gasteiger partial charge in [0.05, 0.1) is 5.02 Å². The molecule has 0 amide bonds. The second-order valence-electron chi connectivity index (χ2n) is 3.46. The maximum absolute atomic E-state index is 10.5. The molecule has 0 atom stereocenters. The fraction of sp³-hybridized carbons (Fsp3) is 0.0833. The summed E-state index contributed by atoms with van der Waals surface area (Å²) >= 11 is 11.9. The summed E-state index contributed by atoms with van der Waals surface area (Å²) in [6.07, 6.45) is -0.155. The van der Waals surface area contributed by atoms with Crippen LogP contribution in [0.5, 0.6) is 0 Å². The van der Waals surface area contributed by atoms with Crippen molar-refractivity contribution in [3.8, 4) is 11.3 Å². The van der Waals surface area contributed by atoms with E-state index < -0.39 is 5.97 Å². The largest absolute Gasteiger partial charge is 0.481 e. The number of benzene rings is 1. The summed E-state index contributed by atoms with van der Waals surface area (Å²) in [5.74, 6) is -0.0552. The molecule has 0 aliphatic carbocycles. The minimum absolute atomic E-state index is 0.155. The normalized spacial score (nSPS) is 10.5. The lowest BCUT2D eigenvalue weighted by Gasteiger charge is -2.01. The van der Waals surface area contributed by atoms with E-state index >= 15 is 0 Å². The van der Waals surface area contributed by atoms with Crippen molar-refractivity contribution in [3.63, 3.8) is 0 Å². The lowest BCUT2D eigenvalue weighted by atomic mass is 10.2. The van der Waals surface area contributed by atoms with Gasteiger partial charge in [-0.15, -0.1) is 0 Å². The van der Waals surface area contributed by atoms with Crippen molar-refractivity contribution in [1.82, 2.24) is 0 Å². The summed E-state index contributed by atoms with van der Waals surface area (Å²) in [5.41, 5.74) is 0.649. The number of carboxylic acid groups (broad SMARTS) is 1. The average molecular weight is 271 g/mol. The number of furan rings is 1. The minimum atomic E-state index is -0.942. The number of halogens is 2. The van der Waals surface area contributed by atoms with Crippen LogP contribution in [0.2, 0.25) is 10.0 Å². The minimum Gasteiger partial charge on any atom is -0.481 e. The van der Waals surface area contributed by atoms with Crippen LogP contribution in [0.3, 0.4) is 0 Å². The molecule has 2 aromatic rings. The van der Waals surface area contributed by atoms with Crippen molar-refractivity contribution in [2.45, 2.75) is 6.42 Å². The van der Waals surface area contributed by atoms with E-state index in [4.69, 9.17) is 32.7 Å². The third-order valence-electron chi connectivity index (χ3n) is 2.18. The zero-order valence-corrected chi connectivity index (χ0v) is 10.1. The summed E-state index contributed by atoms with van der Waals surface area (Å²) in [6, 6.07) is 8.30. The van der Waals surface area contributed by atoms with Gasteiger partial charge >= 0.3 is 5.97 Å². The lowest BCUT2D eigenvalue weighted by Crippen LogP contribution is -1.97. The predicted molar refractivity (Wildman–Crippen MR) is 65.5 cm³/mol. The number of rotatable bonds is 3. The first-order valence-corrected chi connectivity index (χ1v) is 5.58. The molecule has 0 unspecified atom stereocenters. The van der Waals surface area contributed by atoms with E-state index in [1.165, 1.54) is 0 Å². The number of aliphatic carboxylic acids is 1. The monoisotopic (exact) mass is 270 g/mol. The highest BCUT2D eigenvalue weighted by Gasteiger charge is 2.11. The van der Waals surface area contributed by atoms with Crippen molar-refractivity contribution >= 4 is 29.2 Å². The first-order valence-electron chi connectivity index (χ1n) is 4.82. The molecule has 0 radical (unpaired) electrons. The summed E-state index contributed by atoms with van der Waals surface area (Å²) in [7, 11) is 0. The third-order valence-corrected chi connectivity index (χ3v) is 2.75.